The first-order valence-corrected chi connectivity index (χ1v) is 6.75. The van der Waals surface area contributed by atoms with Crippen LogP contribution in [0.2, 0.25) is 0 Å². The van der Waals surface area contributed by atoms with Gasteiger partial charge in [0.25, 0.3) is 0 Å². The number of aromatic nitrogens is 3. The van der Waals surface area contributed by atoms with Crippen LogP contribution in [-0.2, 0) is 9.47 Å². The number of nitrogens with one attached hydrogen (secondary N) is 2. The fraction of sp³-hybridized carbons (Fsp3) is 0.750. The van der Waals surface area contributed by atoms with E-state index in [2.05, 4.69) is 30.5 Å². The summed E-state index contributed by atoms with van der Waals surface area (Å²) in [5.74, 6) is 1.77. The van der Waals surface area contributed by atoms with Gasteiger partial charge in [-0.05, 0) is 6.92 Å². The summed E-state index contributed by atoms with van der Waals surface area (Å²) in [6.45, 7) is 5.58. The van der Waals surface area contributed by atoms with Crippen LogP contribution in [0.15, 0.2) is 0 Å². The van der Waals surface area contributed by atoms with Gasteiger partial charge < -0.3 is 25.0 Å². The summed E-state index contributed by atoms with van der Waals surface area (Å²) < 4.78 is 10.4. The molecule has 1 fully saturated rings. The monoisotopic (exact) mass is 282 g/mol. The normalized spacial score (nSPS) is 16.9. The van der Waals surface area contributed by atoms with E-state index in [0.29, 0.717) is 37.7 Å². The van der Waals surface area contributed by atoms with Crippen molar-refractivity contribution >= 4 is 17.8 Å². The van der Waals surface area contributed by atoms with Crippen LogP contribution >= 0.6 is 0 Å². The Morgan fingerprint density at radius 2 is 1.95 bits per heavy atom. The molecule has 112 valence electrons. The van der Waals surface area contributed by atoms with E-state index in [0.717, 1.165) is 13.1 Å². The third kappa shape index (κ3) is 3.91. The lowest BCUT2D eigenvalue weighted by molar-refractivity contribution is 0.122. The topological polar surface area (TPSA) is 84.4 Å². The average molecular weight is 282 g/mol. The molecule has 2 rings (SSSR count). The second-order valence-electron chi connectivity index (χ2n) is 4.63. The molecule has 0 amide bonds. The molecular weight excluding hydrogens is 260 g/mol. The van der Waals surface area contributed by atoms with Gasteiger partial charge in [0.1, 0.15) is 0 Å². The van der Waals surface area contributed by atoms with Crippen LogP contribution in [0, 0.1) is 0 Å². The Morgan fingerprint density at radius 1 is 1.25 bits per heavy atom. The first-order chi connectivity index (χ1) is 9.72. The zero-order valence-electron chi connectivity index (χ0n) is 12.2. The quantitative estimate of drug-likeness (QED) is 0.765. The van der Waals surface area contributed by atoms with Crippen molar-refractivity contribution in [2.75, 3.05) is 62.6 Å². The number of morpholine rings is 1. The summed E-state index contributed by atoms with van der Waals surface area (Å²) in [5.41, 5.74) is 0. The zero-order valence-corrected chi connectivity index (χ0v) is 12.2. The number of ether oxygens (including phenoxy) is 2. The predicted molar refractivity (Wildman–Crippen MR) is 77.4 cm³/mol. The largest absolute Gasteiger partial charge is 0.383 e. The molecular formula is C12H22N6O2. The van der Waals surface area contributed by atoms with Crippen molar-refractivity contribution in [3.63, 3.8) is 0 Å². The lowest BCUT2D eigenvalue weighted by atomic mass is 10.4. The molecule has 2 heterocycles. The van der Waals surface area contributed by atoms with Crippen LogP contribution in [0.4, 0.5) is 17.8 Å². The van der Waals surface area contributed by atoms with E-state index in [4.69, 9.17) is 9.47 Å². The highest BCUT2D eigenvalue weighted by atomic mass is 16.5. The highest BCUT2D eigenvalue weighted by Crippen LogP contribution is 2.15. The molecule has 1 aliphatic heterocycles. The minimum atomic E-state index is 0.129. The van der Waals surface area contributed by atoms with Gasteiger partial charge in [-0.3, -0.25) is 0 Å². The molecule has 8 nitrogen and oxygen atoms in total. The maximum absolute atomic E-state index is 5.34. The van der Waals surface area contributed by atoms with E-state index < -0.39 is 0 Å². The standard InChI is InChI=1S/C12H22N6O2/c1-9(8-19-3)14-11-15-10(13-2)16-12(17-11)18-4-6-20-7-5-18/h9H,4-8H2,1-3H3,(H2,13,14,15,16,17). The molecule has 0 aliphatic carbocycles. The van der Waals surface area contributed by atoms with Crippen molar-refractivity contribution in [3.05, 3.63) is 0 Å². The van der Waals surface area contributed by atoms with Crippen LogP contribution in [0.1, 0.15) is 6.92 Å². The molecule has 1 aliphatic rings. The first kappa shape index (κ1) is 14.7. The van der Waals surface area contributed by atoms with Crippen molar-refractivity contribution in [2.24, 2.45) is 0 Å². The number of rotatable bonds is 6. The summed E-state index contributed by atoms with van der Waals surface area (Å²) in [4.78, 5) is 15.3. The Hall–Kier alpha value is -1.67. The van der Waals surface area contributed by atoms with Gasteiger partial charge in [0.2, 0.25) is 17.8 Å². The number of methoxy groups -OCH3 is 1. The molecule has 1 atom stereocenters. The van der Waals surface area contributed by atoms with Crippen molar-refractivity contribution in [2.45, 2.75) is 13.0 Å². The highest BCUT2D eigenvalue weighted by molar-refractivity contribution is 5.44. The summed E-state index contributed by atoms with van der Waals surface area (Å²) >= 11 is 0. The van der Waals surface area contributed by atoms with Gasteiger partial charge in [-0.15, -0.1) is 0 Å². The summed E-state index contributed by atoms with van der Waals surface area (Å²) in [6, 6.07) is 0.129. The molecule has 2 N–H and O–H groups in total. The molecule has 0 spiro atoms. The third-order valence-corrected chi connectivity index (χ3v) is 2.93. The molecule has 0 saturated carbocycles. The molecule has 1 aromatic rings. The van der Waals surface area contributed by atoms with Gasteiger partial charge in [-0.1, -0.05) is 0 Å². The number of hydrogen-bond acceptors (Lipinski definition) is 8. The van der Waals surface area contributed by atoms with Crippen molar-refractivity contribution < 1.29 is 9.47 Å². The minimum absolute atomic E-state index is 0.129. The molecule has 1 aromatic heterocycles. The fourth-order valence-corrected chi connectivity index (χ4v) is 1.96. The Labute approximate surface area is 118 Å². The zero-order chi connectivity index (χ0) is 14.4. The first-order valence-electron chi connectivity index (χ1n) is 6.75. The number of nitrogens with zero attached hydrogens (tertiary/aromatic N) is 4. The van der Waals surface area contributed by atoms with Crippen molar-refractivity contribution in [1.82, 2.24) is 15.0 Å². The van der Waals surface area contributed by atoms with Gasteiger partial charge in [0.05, 0.1) is 19.8 Å². The van der Waals surface area contributed by atoms with Gasteiger partial charge in [0.15, 0.2) is 0 Å². The third-order valence-electron chi connectivity index (χ3n) is 2.93. The van der Waals surface area contributed by atoms with Crippen LogP contribution in [-0.4, -0.2) is 68.1 Å². The molecule has 1 saturated heterocycles. The average Bonchev–Trinajstić information content (AvgIpc) is 2.48. The van der Waals surface area contributed by atoms with Gasteiger partial charge >= 0.3 is 0 Å². The van der Waals surface area contributed by atoms with E-state index in [1.54, 1.807) is 14.2 Å². The highest BCUT2D eigenvalue weighted by Gasteiger charge is 2.16. The Balaban J connectivity index is 2.14. The predicted octanol–water partition coefficient (Wildman–Crippen LogP) is 0.197. The lowest BCUT2D eigenvalue weighted by Gasteiger charge is -2.27. The van der Waals surface area contributed by atoms with Crippen LogP contribution in [0.5, 0.6) is 0 Å². The SMILES string of the molecule is CNc1nc(NC(C)COC)nc(N2CCOCC2)n1. The maximum atomic E-state index is 5.34. The Bertz CT molecular complexity index is 424. The molecule has 0 aromatic carbocycles. The number of anilines is 3. The molecule has 0 radical (unpaired) electrons. The van der Waals surface area contributed by atoms with E-state index in [1.165, 1.54) is 0 Å². The Morgan fingerprint density at radius 3 is 2.60 bits per heavy atom. The molecule has 0 bridgehead atoms. The maximum Gasteiger partial charge on any atom is 0.232 e. The Kier molecular flexibility index (Phi) is 5.31. The fourth-order valence-electron chi connectivity index (χ4n) is 1.96. The second-order valence-corrected chi connectivity index (χ2v) is 4.63. The number of hydrogen-bond donors (Lipinski definition) is 2. The van der Waals surface area contributed by atoms with Crippen LogP contribution < -0.4 is 15.5 Å². The summed E-state index contributed by atoms with van der Waals surface area (Å²) in [5, 5.41) is 6.17. The van der Waals surface area contributed by atoms with Crippen LogP contribution in [0.3, 0.4) is 0 Å². The van der Waals surface area contributed by atoms with Crippen molar-refractivity contribution in [3.8, 4) is 0 Å². The summed E-state index contributed by atoms with van der Waals surface area (Å²) in [7, 11) is 3.46. The van der Waals surface area contributed by atoms with E-state index in [-0.39, 0.29) is 6.04 Å². The second kappa shape index (κ2) is 7.20. The smallest absolute Gasteiger partial charge is 0.232 e. The van der Waals surface area contributed by atoms with Gasteiger partial charge in [-0.25, -0.2) is 0 Å². The van der Waals surface area contributed by atoms with Crippen LogP contribution in [0.25, 0.3) is 0 Å². The molecule has 1 unspecified atom stereocenters. The van der Waals surface area contributed by atoms with E-state index >= 15 is 0 Å². The van der Waals surface area contributed by atoms with E-state index in [9.17, 15) is 0 Å². The minimum Gasteiger partial charge on any atom is -0.383 e. The van der Waals surface area contributed by atoms with E-state index in [1.807, 2.05) is 6.92 Å². The van der Waals surface area contributed by atoms with Crippen molar-refractivity contribution in [1.29, 1.82) is 0 Å². The van der Waals surface area contributed by atoms with Gasteiger partial charge in [-0.2, -0.15) is 15.0 Å². The summed E-state index contributed by atoms with van der Waals surface area (Å²) in [6.07, 6.45) is 0. The lowest BCUT2D eigenvalue weighted by Crippen LogP contribution is -2.37. The van der Waals surface area contributed by atoms with Gasteiger partial charge in [0, 0.05) is 33.3 Å². The molecule has 20 heavy (non-hydrogen) atoms. The molecule has 8 heteroatoms.